The highest BCUT2D eigenvalue weighted by Crippen LogP contribution is 2.11. The molecular weight excluding hydrogens is 154 g/mol. The zero-order chi connectivity index (χ0) is 8.97. The summed E-state index contributed by atoms with van der Waals surface area (Å²) in [6, 6.07) is 0. The van der Waals surface area contributed by atoms with Crippen molar-refractivity contribution in [3.63, 3.8) is 0 Å². The third-order valence-electron chi connectivity index (χ3n) is 1.91. The van der Waals surface area contributed by atoms with Crippen LogP contribution < -0.4 is 5.32 Å². The predicted octanol–water partition coefficient (Wildman–Crippen LogP) is 0.938. The third-order valence-corrected chi connectivity index (χ3v) is 1.91. The summed E-state index contributed by atoms with van der Waals surface area (Å²) in [5.41, 5.74) is 0. The van der Waals surface area contributed by atoms with Gasteiger partial charge in [0.1, 0.15) is 6.10 Å². The maximum absolute atomic E-state index is 11.3. The lowest BCUT2D eigenvalue weighted by atomic mass is 10.2. The van der Waals surface area contributed by atoms with Crippen LogP contribution in [0.25, 0.3) is 0 Å². The van der Waals surface area contributed by atoms with Gasteiger partial charge in [-0.2, -0.15) is 0 Å². The van der Waals surface area contributed by atoms with Gasteiger partial charge in [0.15, 0.2) is 0 Å². The van der Waals surface area contributed by atoms with E-state index >= 15 is 0 Å². The summed E-state index contributed by atoms with van der Waals surface area (Å²) >= 11 is 0. The number of amides is 1. The molecule has 1 fully saturated rings. The minimum absolute atomic E-state index is 0.0567. The van der Waals surface area contributed by atoms with Crippen molar-refractivity contribution in [1.29, 1.82) is 0 Å². The Bertz CT molecular complexity index is 151. The van der Waals surface area contributed by atoms with Crippen molar-refractivity contribution in [3.05, 3.63) is 0 Å². The van der Waals surface area contributed by atoms with Crippen molar-refractivity contribution in [3.8, 4) is 0 Å². The normalized spacial score (nSPS) is 23.1. The first-order valence-corrected chi connectivity index (χ1v) is 4.59. The summed E-state index contributed by atoms with van der Waals surface area (Å²) in [5, 5.41) is 2.86. The van der Waals surface area contributed by atoms with Gasteiger partial charge in [0.25, 0.3) is 0 Å². The first kappa shape index (κ1) is 9.52. The summed E-state index contributed by atoms with van der Waals surface area (Å²) in [7, 11) is 0. The lowest BCUT2D eigenvalue weighted by Crippen LogP contribution is -2.36. The molecule has 1 amide bonds. The zero-order valence-electron chi connectivity index (χ0n) is 7.80. The van der Waals surface area contributed by atoms with Gasteiger partial charge >= 0.3 is 0 Å². The van der Waals surface area contributed by atoms with Crippen LogP contribution >= 0.6 is 0 Å². The molecule has 0 aliphatic carbocycles. The molecule has 0 aromatic carbocycles. The molecule has 0 spiro atoms. The molecule has 0 bridgehead atoms. The SMILES string of the molecule is CC(C)CNC(=O)[C@H]1CCCO1. The minimum Gasteiger partial charge on any atom is -0.368 e. The van der Waals surface area contributed by atoms with Crippen molar-refractivity contribution in [1.82, 2.24) is 5.32 Å². The van der Waals surface area contributed by atoms with Crippen LogP contribution in [0, 0.1) is 5.92 Å². The first-order valence-electron chi connectivity index (χ1n) is 4.59. The van der Waals surface area contributed by atoms with Crippen LogP contribution in [0.3, 0.4) is 0 Å². The maximum atomic E-state index is 11.3. The highest BCUT2D eigenvalue weighted by Gasteiger charge is 2.22. The summed E-state index contributed by atoms with van der Waals surface area (Å²) in [5.74, 6) is 0.566. The van der Waals surface area contributed by atoms with Gasteiger partial charge in [-0.15, -0.1) is 0 Å². The van der Waals surface area contributed by atoms with Crippen molar-refractivity contribution < 1.29 is 9.53 Å². The van der Waals surface area contributed by atoms with Gasteiger partial charge in [-0.1, -0.05) is 13.8 Å². The van der Waals surface area contributed by atoms with Gasteiger partial charge in [0.2, 0.25) is 5.91 Å². The largest absolute Gasteiger partial charge is 0.368 e. The molecule has 0 aromatic rings. The molecule has 1 heterocycles. The molecule has 70 valence electrons. The second-order valence-corrected chi connectivity index (χ2v) is 3.64. The van der Waals surface area contributed by atoms with Gasteiger partial charge in [0, 0.05) is 13.2 Å². The van der Waals surface area contributed by atoms with Crippen molar-refractivity contribution in [2.24, 2.45) is 5.92 Å². The third kappa shape index (κ3) is 2.81. The van der Waals surface area contributed by atoms with Gasteiger partial charge < -0.3 is 10.1 Å². The molecule has 3 heteroatoms. The highest BCUT2D eigenvalue weighted by atomic mass is 16.5. The molecule has 3 nitrogen and oxygen atoms in total. The number of nitrogens with one attached hydrogen (secondary N) is 1. The van der Waals surface area contributed by atoms with Crippen LogP contribution in [0.4, 0.5) is 0 Å². The molecule has 1 N–H and O–H groups in total. The van der Waals surface area contributed by atoms with Crippen molar-refractivity contribution >= 4 is 5.91 Å². The Hall–Kier alpha value is -0.570. The van der Waals surface area contributed by atoms with E-state index in [1.54, 1.807) is 0 Å². The van der Waals surface area contributed by atoms with Crippen LogP contribution in [0.15, 0.2) is 0 Å². The number of carbonyl (C=O) groups excluding carboxylic acids is 1. The fourth-order valence-corrected chi connectivity index (χ4v) is 1.20. The molecule has 1 aliphatic heterocycles. The average molecular weight is 171 g/mol. The predicted molar refractivity (Wildman–Crippen MR) is 46.8 cm³/mol. The quantitative estimate of drug-likeness (QED) is 0.686. The fraction of sp³-hybridized carbons (Fsp3) is 0.889. The summed E-state index contributed by atoms with van der Waals surface area (Å²) < 4.78 is 5.23. The Morgan fingerprint density at radius 3 is 2.92 bits per heavy atom. The monoisotopic (exact) mass is 171 g/mol. The van der Waals surface area contributed by atoms with Crippen molar-refractivity contribution in [2.75, 3.05) is 13.2 Å². The number of ether oxygens (including phenoxy) is 1. The average Bonchev–Trinajstić information content (AvgIpc) is 2.51. The molecule has 1 aliphatic rings. The van der Waals surface area contributed by atoms with Gasteiger partial charge in [-0.3, -0.25) is 4.79 Å². The molecule has 1 atom stereocenters. The molecule has 12 heavy (non-hydrogen) atoms. The van der Waals surface area contributed by atoms with E-state index in [0.717, 1.165) is 26.0 Å². The van der Waals surface area contributed by atoms with E-state index in [1.165, 1.54) is 0 Å². The van der Waals surface area contributed by atoms with Gasteiger partial charge in [0.05, 0.1) is 0 Å². The van der Waals surface area contributed by atoms with Crippen LogP contribution in [-0.4, -0.2) is 25.2 Å². The Kier molecular flexibility index (Phi) is 3.53. The first-order chi connectivity index (χ1) is 5.70. The lowest BCUT2D eigenvalue weighted by Gasteiger charge is -2.11. The lowest BCUT2D eigenvalue weighted by molar-refractivity contribution is -0.130. The molecule has 0 saturated carbocycles. The van der Waals surface area contributed by atoms with Gasteiger partial charge in [-0.25, -0.2) is 0 Å². The summed E-state index contributed by atoms with van der Waals surface area (Å²) in [4.78, 5) is 11.3. The van der Waals surface area contributed by atoms with Crippen LogP contribution in [0.5, 0.6) is 0 Å². The molecule has 1 rings (SSSR count). The number of rotatable bonds is 3. The number of hydrogen-bond donors (Lipinski definition) is 1. The van der Waals surface area contributed by atoms with Crippen molar-refractivity contribution in [2.45, 2.75) is 32.8 Å². The van der Waals surface area contributed by atoms with E-state index < -0.39 is 0 Å². The van der Waals surface area contributed by atoms with E-state index in [4.69, 9.17) is 4.74 Å². The molecule has 0 aromatic heterocycles. The topological polar surface area (TPSA) is 38.3 Å². The Morgan fingerprint density at radius 2 is 2.42 bits per heavy atom. The van der Waals surface area contributed by atoms with E-state index in [9.17, 15) is 4.79 Å². The highest BCUT2D eigenvalue weighted by molar-refractivity contribution is 5.80. The van der Waals surface area contributed by atoms with Crippen LogP contribution in [0.2, 0.25) is 0 Å². The van der Waals surface area contributed by atoms with E-state index in [1.807, 2.05) is 0 Å². The molecular formula is C9H17NO2. The second-order valence-electron chi connectivity index (χ2n) is 3.64. The second kappa shape index (κ2) is 4.45. The smallest absolute Gasteiger partial charge is 0.249 e. The molecule has 1 saturated heterocycles. The number of carbonyl (C=O) groups is 1. The fourth-order valence-electron chi connectivity index (χ4n) is 1.20. The molecule has 0 radical (unpaired) electrons. The van der Waals surface area contributed by atoms with Gasteiger partial charge in [-0.05, 0) is 18.8 Å². The summed E-state index contributed by atoms with van der Waals surface area (Å²) in [6.45, 7) is 5.64. The molecule has 0 unspecified atom stereocenters. The Labute approximate surface area is 73.5 Å². The van der Waals surface area contributed by atoms with E-state index in [-0.39, 0.29) is 12.0 Å². The summed E-state index contributed by atoms with van der Waals surface area (Å²) in [6.07, 6.45) is 1.72. The maximum Gasteiger partial charge on any atom is 0.249 e. The standard InChI is InChI=1S/C9H17NO2/c1-7(2)6-10-9(11)8-4-3-5-12-8/h7-8H,3-6H2,1-2H3,(H,10,11)/t8-/m1/s1. The minimum atomic E-state index is -0.177. The number of hydrogen-bond acceptors (Lipinski definition) is 2. The Balaban J connectivity index is 2.18. The van der Waals surface area contributed by atoms with E-state index in [0.29, 0.717) is 5.92 Å². The zero-order valence-corrected chi connectivity index (χ0v) is 7.80. The Morgan fingerprint density at radius 1 is 1.67 bits per heavy atom. The van der Waals surface area contributed by atoms with Crippen LogP contribution in [-0.2, 0) is 9.53 Å². The van der Waals surface area contributed by atoms with E-state index in [2.05, 4.69) is 19.2 Å². The van der Waals surface area contributed by atoms with Crippen LogP contribution in [0.1, 0.15) is 26.7 Å².